The van der Waals surface area contributed by atoms with Crippen molar-refractivity contribution >= 4 is 15.7 Å². The quantitative estimate of drug-likeness (QED) is 0.293. The number of benzene rings is 2. The molecule has 0 aliphatic rings. The minimum atomic E-state index is -3.46. The Bertz CT molecular complexity index is 1410. The molecule has 2 aromatic heterocycles. The van der Waals surface area contributed by atoms with Gasteiger partial charge in [-0.05, 0) is 31.2 Å². The molecule has 2 heterocycles. The fourth-order valence-corrected chi connectivity index (χ4v) is 5.81. The lowest BCUT2D eigenvalue weighted by atomic mass is 10.1. The molecule has 9 nitrogen and oxygen atoms in total. The molecular formula is C26H30N6O3S. The minimum Gasteiger partial charge on any atom is -0.382 e. The van der Waals surface area contributed by atoms with Gasteiger partial charge in [0.15, 0.2) is 27.1 Å². The molecule has 36 heavy (non-hydrogen) atoms. The van der Waals surface area contributed by atoms with E-state index in [-0.39, 0.29) is 10.7 Å². The molecule has 0 saturated carbocycles. The molecule has 1 unspecified atom stereocenters. The van der Waals surface area contributed by atoms with Crippen molar-refractivity contribution in [2.24, 2.45) is 5.73 Å². The Balaban J connectivity index is 1.61. The Morgan fingerprint density at radius 1 is 1.03 bits per heavy atom. The van der Waals surface area contributed by atoms with Crippen molar-refractivity contribution in [2.45, 2.75) is 36.5 Å². The smallest absolute Gasteiger partial charge is 0.189 e. The zero-order valence-corrected chi connectivity index (χ0v) is 21.1. The predicted octanol–water partition coefficient (Wildman–Crippen LogP) is 3.67. The summed E-state index contributed by atoms with van der Waals surface area (Å²) in [5.74, 6) is 0.585. The standard InChI is InChI=1S/C26H30N6O3S/c1-3-4-21(15-29-2)36(33,34)20-11-9-19(10-12-20)23-16-30-26(28)25(31-23)24-13-22(32-35-24)18-7-5-17(14-27)6-8-18/h5-13,16,21,29H,3-4,14-15,27H2,1-2H3,(H2,28,30). The summed E-state index contributed by atoms with van der Waals surface area (Å²) in [6.07, 6.45) is 2.93. The van der Waals surface area contributed by atoms with Crippen LogP contribution in [0.1, 0.15) is 25.3 Å². The van der Waals surface area contributed by atoms with Gasteiger partial charge in [0.25, 0.3) is 0 Å². The van der Waals surface area contributed by atoms with Gasteiger partial charge in [0.05, 0.1) is 22.0 Å². The molecule has 0 saturated heterocycles. The molecule has 0 amide bonds. The lowest BCUT2D eigenvalue weighted by molar-refractivity contribution is 0.434. The monoisotopic (exact) mass is 506 g/mol. The highest BCUT2D eigenvalue weighted by atomic mass is 32.2. The second-order valence-electron chi connectivity index (χ2n) is 8.50. The second-order valence-corrected chi connectivity index (χ2v) is 10.7. The summed E-state index contributed by atoms with van der Waals surface area (Å²) in [5, 5.41) is 6.65. The van der Waals surface area contributed by atoms with Crippen LogP contribution in [0.4, 0.5) is 5.82 Å². The van der Waals surface area contributed by atoms with E-state index in [4.69, 9.17) is 16.0 Å². The first-order valence-electron chi connectivity index (χ1n) is 11.7. The van der Waals surface area contributed by atoms with Crippen LogP contribution in [0.3, 0.4) is 0 Å². The van der Waals surface area contributed by atoms with Crippen LogP contribution in [0.2, 0.25) is 0 Å². The molecular weight excluding hydrogens is 476 g/mol. The maximum atomic E-state index is 13.1. The summed E-state index contributed by atoms with van der Waals surface area (Å²) >= 11 is 0. The van der Waals surface area contributed by atoms with Gasteiger partial charge in [0, 0.05) is 30.3 Å². The SMILES string of the molecule is CCCC(CNC)S(=O)(=O)c1ccc(-c2cnc(N)c(-c3cc(-c4ccc(CN)cc4)no3)n2)cc1. The van der Waals surface area contributed by atoms with Crippen molar-refractivity contribution in [1.29, 1.82) is 0 Å². The number of nitrogens with two attached hydrogens (primary N) is 2. The third-order valence-electron chi connectivity index (χ3n) is 5.99. The molecule has 0 aliphatic heterocycles. The lowest BCUT2D eigenvalue weighted by Crippen LogP contribution is -2.31. The van der Waals surface area contributed by atoms with Crippen LogP contribution >= 0.6 is 0 Å². The second kappa shape index (κ2) is 11.0. The molecule has 0 aliphatic carbocycles. The highest BCUT2D eigenvalue weighted by molar-refractivity contribution is 7.92. The van der Waals surface area contributed by atoms with Gasteiger partial charge < -0.3 is 21.3 Å². The van der Waals surface area contributed by atoms with E-state index >= 15 is 0 Å². The average Bonchev–Trinajstić information content (AvgIpc) is 3.39. The Hall–Kier alpha value is -3.60. The van der Waals surface area contributed by atoms with Crippen LogP contribution in [-0.4, -0.2) is 42.4 Å². The summed E-state index contributed by atoms with van der Waals surface area (Å²) in [6, 6.07) is 16.1. The molecule has 10 heteroatoms. The fraction of sp³-hybridized carbons (Fsp3) is 0.269. The normalized spacial score (nSPS) is 12.5. The molecule has 4 aromatic rings. The topological polar surface area (TPSA) is 150 Å². The highest BCUT2D eigenvalue weighted by Gasteiger charge is 2.26. The van der Waals surface area contributed by atoms with Gasteiger partial charge in [-0.15, -0.1) is 0 Å². The van der Waals surface area contributed by atoms with E-state index in [2.05, 4.69) is 20.4 Å². The van der Waals surface area contributed by atoms with Gasteiger partial charge >= 0.3 is 0 Å². The summed E-state index contributed by atoms with van der Waals surface area (Å²) in [6.45, 7) is 2.85. The van der Waals surface area contributed by atoms with E-state index < -0.39 is 15.1 Å². The third-order valence-corrected chi connectivity index (χ3v) is 8.20. The van der Waals surface area contributed by atoms with E-state index in [0.717, 1.165) is 17.5 Å². The van der Waals surface area contributed by atoms with E-state index in [1.807, 2.05) is 31.2 Å². The molecule has 0 spiro atoms. The zero-order valence-electron chi connectivity index (χ0n) is 20.3. The predicted molar refractivity (Wildman–Crippen MR) is 141 cm³/mol. The molecule has 0 bridgehead atoms. The van der Waals surface area contributed by atoms with E-state index in [9.17, 15) is 8.42 Å². The number of sulfone groups is 1. The molecule has 2 aromatic carbocycles. The molecule has 188 valence electrons. The molecule has 1 atom stereocenters. The summed E-state index contributed by atoms with van der Waals surface area (Å²) in [4.78, 5) is 9.19. The van der Waals surface area contributed by atoms with Crippen LogP contribution in [0.25, 0.3) is 34.0 Å². The maximum absolute atomic E-state index is 13.1. The van der Waals surface area contributed by atoms with Gasteiger partial charge in [0.2, 0.25) is 0 Å². The van der Waals surface area contributed by atoms with Crippen LogP contribution in [0.15, 0.2) is 70.2 Å². The summed E-state index contributed by atoms with van der Waals surface area (Å²) in [5.41, 5.74) is 15.9. The summed E-state index contributed by atoms with van der Waals surface area (Å²) < 4.78 is 31.7. The van der Waals surface area contributed by atoms with Gasteiger partial charge in [-0.2, -0.15) is 0 Å². The maximum Gasteiger partial charge on any atom is 0.189 e. The first-order valence-corrected chi connectivity index (χ1v) is 13.3. The Morgan fingerprint density at radius 2 is 1.69 bits per heavy atom. The number of rotatable bonds is 10. The van der Waals surface area contributed by atoms with Crippen molar-refractivity contribution in [2.75, 3.05) is 19.3 Å². The van der Waals surface area contributed by atoms with E-state index in [1.165, 1.54) is 0 Å². The molecule has 5 N–H and O–H groups in total. The Morgan fingerprint density at radius 3 is 2.33 bits per heavy atom. The largest absolute Gasteiger partial charge is 0.382 e. The molecule has 0 fully saturated rings. The number of anilines is 1. The van der Waals surface area contributed by atoms with Crippen LogP contribution in [0.5, 0.6) is 0 Å². The number of nitrogens with zero attached hydrogens (tertiary/aromatic N) is 3. The number of aromatic nitrogens is 3. The van der Waals surface area contributed by atoms with Crippen molar-refractivity contribution in [3.63, 3.8) is 0 Å². The first kappa shape index (κ1) is 25.5. The van der Waals surface area contributed by atoms with Gasteiger partial charge in [-0.1, -0.05) is 54.9 Å². The number of nitrogens with one attached hydrogen (secondary N) is 1. The highest BCUT2D eigenvalue weighted by Crippen LogP contribution is 2.30. The average molecular weight is 507 g/mol. The van der Waals surface area contributed by atoms with Crippen molar-refractivity contribution in [3.05, 3.63) is 66.4 Å². The van der Waals surface area contributed by atoms with Gasteiger partial charge in [0.1, 0.15) is 5.69 Å². The number of nitrogen functional groups attached to an aromatic ring is 1. The van der Waals surface area contributed by atoms with Crippen molar-refractivity contribution < 1.29 is 12.9 Å². The van der Waals surface area contributed by atoms with Crippen LogP contribution in [-0.2, 0) is 16.4 Å². The minimum absolute atomic E-state index is 0.202. The fourth-order valence-electron chi connectivity index (χ4n) is 3.98. The van der Waals surface area contributed by atoms with Crippen molar-refractivity contribution in [3.8, 4) is 34.0 Å². The Kier molecular flexibility index (Phi) is 7.78. The van der Waals surface area contributed by atoms with E-state index in [1.54, 1.807) is 43.6 Å². The molecule has 0 radical (unpaired) electrons. The molecule has 4 rings (SSSR count). The van der Waals surface area contributed by atoms with Gasteiger partial charge in [-0.25, -0.2) is 18.4 Å². The van der Waals surface area contributed by atoms with Crippen LogP contribution in [0, 0.1) is 0 Å². The summed E-state index contributed by atoms with van der Waals surface area (Å²) in [7, 11) is -1.70. The first-order chi connectivity index (χ1) is 17.4. The van der Waals surface area contributed by atoms with Crippen molar-refractivity contribution in [1.82, 2.24) is 20.4 Å². The zero-order chi connectivity index (χ0) is 25.7. The van der Waals surface area contributed by atoms with Crippen LogP contribution < -0.4 is 16.8 Å². The Labute approximate surface area is 210 Å². The lowest BCUT2D eigenvalue weighted by Gasteiger charge is -2.17. The van der Waals surface area contributed by atoms with E-state index in [0.29, 0.717) is 47.9 Å². The van der Waals surface area contributed by atoms with Gasteiger partial charge in [-0.3, -0.25) is 0 Å². The third kappa shape index (κ3) is 5.30. The number of hydrogen-bond acceptors (Lipinski definition) is 9. The number of hydrogen-bond donors (Lipinski definition) is 3.